The summed E-state index contributed by atoms with van der Waals surface area (Å²) >= 11 is 0.992. The molecule has 4 rings (SSSR count). The third-order valence-corrected chi connectivity index (χ3v) is 7.73. The second kappa shape index (κ2) is 12.6. The monoisotopic (exact) mass is 554 g/mol. The van der Waals surface area contributed by atoms with Crippen LogP contribution in [0.25, 0.3) is 10.4 Å². The molecule has 1 aliphatic rings. The van der Waals surface area contributed by atoms with Crippen LogP contribution in [0.15, 0.2) is 48.5 Å². The van der Waals surface area contributed by atoms with E-state index in [0.717, 1.165) is 37.3 Å². The number of para-hydroxylation sites is 2. The number of methoxy groups -OCH3 is 1. The van der Waals surface area contributed by atoms with E-state index in [9.17, 15) is 19.5 Å². The highest BCUT2D eigenvalue weighted by atomic mass is 32.1. The van der Waals surface area contributed by atoms with E-state index in [0.29, 0.717) is 33.2 Å². The molecule has 0 radical (unpaired) electrons. The van der Waals surface area contributed by atoms with Crippen LogP contribution in [0.3, 0.4) is 0 Å². The third kappa shape index (κ3) is 6.68. The smallest absolute Gasteiger partial charge is 0.349 e. The van der Waals surface area contributed by atoms with E-state index in [1.165, 1.54) is 7.11 Å². The molecule has 4 N–H and O–H groups in total. The van der Waals surface area contributed by atoms with Gasteiger partial charge in [0.05, 0.1) is 12.8 Å². The number of aliphatic carboxylic acids is 1. The van der Waals surface area contributed by atoms with Crippen molar-refractivity contribution in [2.24, 2.45) is 5.92 Å². The molecule has 1 amide bonds. The van der Waals surface area contributed by atoms with Crippen molar-refractivity contribution in [3.05, 3.63) is 59.0 Å². The maximum Gasteiger partial charge on any atom is 0.349 e. The Labute approximate surface area is 229 Å². The molecule has 1 aliphatic heterocycles. The molecule has 1 aromatic heterocycles. The fourth-order valence-electron chi connectivity index (χ4n) is 4.54. The van der Waals surface area contributed by atoms with Gasteiger partial charge in [0, 0.05) is 16.4 Å². The summed E-state index contributed by atoms with van der Waals surface area (Å²) in [6.45, 7) is 2.58. The van der Waals surface area contributed by atoms with Gasteiger partial charge in [0.2, 0.25) is 0 Å². The van der Waals surface area contributed by atoms with Gasteiger partial charge in [-0.25, -0.2) is 9.59 Å². The van der Waals surface area contributed by atoms with Crippen LogP contribution in [-0.4, -0.2) is 61.0 Å². The molecule has 1 atom stereocenters. The third-order valence-electron chi connectivity index (χ3n) is 6.42. The lowest BCUT2D eigenvalue weighted by Gasteiger charge is -2.30. The highest BCUT2D eigenvalue weighted by Gasteiger charge is 2.32. The molecule has 1 unspecified atom stereocenters. The summed E-state index contributed by atoms with van der Waals surface area (Å²) in [7, 11) is 1.54. The Balaban J connectivity index is 1.63. The number of nitrogens with one attached hydrogen (secondary N) is 2. The number of thiophene rings is 1. The highest BCUT2D eigenvalue weighted by molar-refractivity contribution is 7.18. The molecule has 1 saturated heterocycles. The molecule has 10 nitrogen and oxygen atoms in total. The number of amides is 1. The summed E-state index contributed by atoms with van der Waals surface area (Å²) in [5, 5.41) is 24.9. The molecule has 1 fully saturated rings. The predicted octanol–water partition coefficient (Wildman–Crippen LogP) is 4.28. The van der Waals surface area contributed by atoms with Crippen molar-refractivity contribution in [3.63, 3.8) is 0 Å². The number of carboxylic acids is 2. The number of rotatable bonds is 11. The van der Waals surface area contributed by atoms with E-state index in [1.807, 2.05) is 12.1 Å². The molecule has 2 aromatic carbocycles. The maximum absolute atomic E-state index is 13.5. The van der Waals surface area contributed by atoms with E-state index in [4.69, 9.17) is 19.3 Å². The van der Waals surface area contributed by atoms with Crippen LogP contribution in [0.4, 0.5) is 5.69 Å². The SMILES string of the molecule is COc1ccccc1NC(=O)C(Oc1cccc(-c2sc(C(=O)O)c(OCC(=O)O)c2C)c1)C1CCNCC1. The minimum atomic E-state index is -1.21. The van der Waals surface area contributed by atoms with Crippen LogP contribution in [-0.2, 0) is 9.59 Å². The lowest BCUT2D eigenvalue weighted by Crippen LogP contribution is -2.44. The number of anilines is 1. The van der Waals surface area contributed by atoms with Crippen molar-refractivity contribution in [1.82, 2.24) is 5.32 Å². The first-order valence-corrected chi connectivity index (χ1v) is 13.2. The fraction of sp³-hybridized carbons (Fsp3) is 0.321. The number of hydrogen-bond donors (Lipinski definition) is 4. The normalized spacial score (nSPS) is 14.3. The first kappa shape index (κ1) is 27.9. The lowest BCUT2D eigenvalue weighted by molar-refractivity contribution is -0.139. The van der Waals surface area contributed by atoms with E-state index in [1.54, 1.807) is 43.3 Å². The Bertz CT molecular complexity index is 1350. The number of carbonyl (C=O) groups is 3. The molecular weight excluding hydrogens is 524 g/mol. The van der Waals surface area contributed by atoms with E-state index in [-0.39, 0.29) is 22.5 Å². The molecule has 39 heavy (non-hydrogen) atoms. The summed E-state index contributed by atoms with van der Waals surface area (Å²) in [4.78, 5) is 36.8. The zero-order valence-corrected chi connectivity index (χ0v) is 22.4. The van der Waals surface area contributed by atoms with Crippen molar-refractivity contribution in [3.8, 4) is 27.7 Å². The summed E-state index contributed by atoms with van der Waals surface area (Å²) in [6, 6.07) is 14.2. The summed E-state index contributed by atoms with van der Waals surface area (Å²) in [5.41, 5.74) is 1.72. The van der Waals surface area contributed by atoms with E-state index >= 15 is 0 Å². The minimum Gasteiger partial charge on any atom is -0.495 e. The van der Waals surface area contributed by atoms with Crippen LogP contribution in [0.1, 0.15) is 28.1 Å². The topological polar surface area (TPSA) is 143 Å². The van der Waals surface area contributed by atoms with Gasteiger partial charge in [0.15, 0.2) is 17.6 Å². The van der Waals surface area contributed by atoms with Crippen molar-refractivity contribution < 1.29 is 38.8 Å². The average molecular weight is 555 g/mol. The van der Waals surface area contributed by atoms with Gasteiger partial charge in [-0.1, -0.05) is 24.3 Å². The van der Waals surface area contributed by atoms with E-state index < -0.39 is 24.6 Å². The minimum absolute atomic E-state index is 0.0253. The van der Waals surface area contributed by atoms with Gasteiger partial charge in [0.1, 0.15) is 17.2 Å². The van der Waals surface area contributed by atoms with E-state index in [2.05, 4.69) is 10.6 Å². The lowest BCUT2D eigenvalue weighted by atomic mass is 9.91. The van der Waals surface area contributed by atoms with Crippen LogP contribution < -0.4 is 24.8 Å². The van der Waals surface area contributed by atoms with Crippen molar-refractivity contribution in [2.45, 2.75) is 25.9 Å². The van der Waals surface area contributed by atoms with Gasteiger partial charge in [-0.2, -0.15) is 0 Å². The number of aromatic carboxylic acids is 1. The average Bonchev–Trinajstić information content (AvgIpc) is 3.27. The molecule has 206 valence electrons. The van der Waals surface area contributed by atoms with Crippen LogP contribution >= 0.6 is 11.3 Å². The van der Waals surface area contributed by atoms with Crippen LogP contribution in [0, 0.1) is 12.8 Å². The summed E-state index contributed by atoms with van der Waals surface area (Å²) < 4.78 is 17.0. The molecule has 11 heteroatoms. The van der Waals surface area contributed by atoms with Crippen LogP contribution in [0.5, 0.6) is 17.2 Å². The summed E-state index contributed by atoms with van der Waals surface area (Å²) in [5.74, 6) is -1.71. The fourth-order valence-corrected chi connectivity index (χ4v) is 5.63. The van der Waals surface area contributed by atoms with Gasteiger partial charge < -0.3 is 35.1 Å². The van der Waals surface area contributed by atoms with Crippen molar-refractivity contribution in [2.75, 3.05) is 32.1 Å². The Morgan fingerprint density at radius 1 is 1.10 bits per heavy atom. The maximum atomic E-state index is 13.5. The number of benzene rings is 2. The molecule has 0 bridgehead atoms. The number of ether oxygens (including phenoxy) is 3. The van der Waals surface area contributed by atoms with Gasteiger partial charge in [-0.15, -0.1) is 11.3 Å². The summed E-state index contributed by atoms with van der Waals surface area (Å²) in [6.07, 6.45) is 0.751. The molecule has 3 aromatic rings. The Morgan fingerprint density at radius 3 is 2.54 bits per heavy atom. The predicted molar refractivity (Wildman–Crippen MR) is 146 cm³/mol. The molecule has 2 heterocycles. The Morgan fingerprint density at radius 2 is 1.85 bits per heavy atom. The number of carboxylic acid groups (broad SMARTS) is 2. The first-order chi connectivity index (χ1) is 18.8. The molecule has 0 aliphatic carbocycles. The van der Waals surface area contributed by atoms with Crippen LogP contribution in [0.2, 0.25) is 0 Å². The first-order valence-electron chi connectivity index (χ1n) is 12.4. The second-order valence-corrected chi connectivity index (χ2v) is 10.1. The number of carbonyl (C=O) groups excluding carboxylic acids is 1. The molecular formula is C28H30N2O8S. The quantitative estimate of drug-likeness (QED) is 0.273. The largest absolute Gasteiger partial charge is 0.495 e. The van der Waals surface area contributed by atoms with Crippen molar-refractivity contribution >= 4 is 34.9 Å². The second-order valence-electron chi connectivity index (χ2n) is 9.05. The Hall–Kier alpha value is -4.09. The van der Waals surface area contributed by atoms with Gasteiger partial charge >= 0.3 is 11.9 Å². The molecule has 0 saturated carbocycles. The number of hydrogen-bond acceptors (Lipinski definition) is 8. The zero-order chi connectivity index (χ0) is 27.9. The van der Waals surface area contributed by atoms with Gasteiger partial charge in [-0.05, 0) is 62.7 Å². The number of piperidine rings is 1. The zero-order valence-electron chi connectivity index (χ0n) is 21.6. The highest BCUT2D eigenvalue weighted by Crippen LogP contribution is 2.42. The van der Waals surface area contributed by atoms with Gasteiger partial charge in [0.25, 0.3) is 5.91 Å². The van der Waals surface area contributed by atoms with Gasteiger partial charge in [-0.3, -0.25) is 4.79 Å². The van der Waals surface area contributed by atoms with Crippen molar-refractivity contribution in [1.29, 1.82) is 0 Å². The standard InChI is InChI=1S/C28H30N2O8S/c1-16-23(37-15-22(31)32)26(28(34)35)39-25(16)18-6-5-7-19(14-18)38-24(17-10-12-29-13-11-17)27(33)30-20-8-3-4-9-21(20)36-2/h3-9,14,17,24,29H,10-13,15H2,1-2H3,(H,30,33)(H,31,32)(H,34,35). The molecule has 0 spiro atoms. The Kier molecular flexibility index (Phi) is 9.05.